The molecule has 3 aromatic rings. The van der Waals surface area contributed by atoms with Gasteiger partial charge in [0.05, 0.1) is 11.1 Å². The number of nitrogens with one attached hydrogen (secondary N) is 1. The van der Waals surface area contributed by atoms with E-state index in [-0.39, 0.29) is 0 Å². The highest BCUT2D eigenvalue weighted by Gasteiger charge is 2.11. The number of hydrogen-bond acceptors (Lipinski definition) is 5. The maximum Gasteiger partial charge on any atom is 0.153 e. The van der Waals surface area contributed by atoms with E-state index >= 15 is 0 Å². The lowest BCUT2D eigenvalue weighted by molar-refractivity contribution is 0.234. The number of pyridine rings is 1. The molecule has 0 bridgehead atoms. The molecule has 6 heteroatoms. The molecule has 0 spiro atoms. The number of H-pyrrole nitrogens is 1. The molecule has 0 atom stereocenters. The number of hydrogen-bond donors (Lipinski definition) is 3. The Bertz CT molecular complexity index is 1000. The van der Waals surface area contributed by atoms with Gasteiger partial charge in [-0.05, 0) is 49.7 Å². The number of nitrogens with two attached hydrogens (primary N) is 2. The first kappa shape index (κ1) is 17.4. The van der Waals surface area contributed by atoms with Gasteiger partial charge in [-0.15, -0.1) is 0 Å². The third-order valence-corrected chi connectivity index (χ3v) is 5.10. The molecule has 4 rings (SSSR count). The van der Waals surface area contributed by atoms with E-state index in [4.69, 9.17) is 11.5 Å². The highest BCUT2D eigenvalue weighted by Crippen LogP contribution is 2.30. The lowest BCUT2D eigenvalue weighted by atomic mass is 9.99. The summed E-state index contributed by atoms with van der Waals surface area (Å²) in [6, 6.07) is 7.95. The topological polar surface area (TPSA) is 96.8 Å². The van der Waals surface area contributed by atoms with E-state index < -0.39 is 0 Å². The van der Waals surface area contributed by atoms with Crippen LogP contribution in [0.1, 0.15) is 31.2 Å². The molecule has 138 valence electrons. The second kappa shape index (κ2) is 7.68. The fourth-order valence-electron chi connectivity index (χ4n) is 3.60. The van der Waals surface area contributed by atoms with Gasteiger partial charge in [0.2, 0.25) is 0 Å². The Morgan fingerprint density at radius 3 is 2.78 bits per heavy atom. The minimum atomic E-state index is 0.457. The van der Waals surface area contributed by atoms with Crippen LogP contribution >= 0.6 is 0 Å². The fraction of sp³-hybridized carbons (Fsp3) is 0.333. The van der Waals surface area contributed by atoms with Gasteiger partial charge in [0.15, 0.2) is 5.82 Å². The van der Waals surface area contributed by atoms with Crippen LogP contribution in [-0.2, 0) is 0 Å². The molecular formula is C21H24N6. The lowest BCUT2D eigenvalue weighted by Crippen LogP contribution is -2.30. The van der Waals surface area contributed by atoms with E-state index in [0.717, 1.165) is 40.6 Å². The minimum absolute atomic E-state index is 0.457. The van der Waals surface area contributed by atoms with Crippen molar-refractivity contribution in [2.75, 3.05) is 31.1 Å². The van der Waals surface area contributed by atoms with Gasteiger partial charge in [0, 0.05) is 30.1 Å². The number of fused-ring (bicyclic) bond motifs is 1. The third kappa shape index (κ3) is 3.74. The average Bonchev–Trinajstić information content (AvgIpc) is 3.07. The Kier molecular flexibility index (Phi) is 4.95. The molecule has 1 aliphatic rings. The molecule has 1 aliphatic heterocycles. The zero-order valence-electron chi connectivity index (χ0n) is 15.3. The first-order valence-electron chi connectivity index (χ1n) is 9.42. The molecule has 0 unspecified atom stereocenters. The summed E-state index contributed by atoms with van der Waals surface area (Å²) < 4.78 is 0. The normalized spacial score (nSPS) is 14.8. The molecule has 1 fully saturated rings. The van der Waals surface area contributed by atoms with Crippen molar-refractivity contribution in [2.24, 2.45) is 0 Å². The highest BCUT2D eigenvalue weighted by atomic mass is 15.1. The molecule has 0 aliphatic carbocycles. The van der Waals surface area contributed by atoms with Crippen LogP contribution in [0.15, 0.2) is 30.5 Å². The molecule has 2 aromatic heterocycles. The predicted molar refractivity (Wildman–Crippen MR) is 110 cm³/mol. The quantitative estimate of drug-likeness (QED) is 0.624. The van der Waals surface area contributed by atoms with Crippen molar-refractivity contribution >= 4 is 22.5 Å². The highest BCUT2D eigenvalue weighted by molar-refractivity contribution is 5.93. The number of likely N-dealkylation sites (tertiary alicyclic amines) is 1. The number of piperidine rings is 1. The van der Waals surface area contributed by atoms with Gasteiger partial charge in [0.1, 0.15) is 5.82 Å². The van der Waals surface area contributed by atoms with E-state index in [9.17, 15) is 0 Å². The van der Waals surface area contributed by atoms with Crippen LogP contribution in [0.3, 0.4) is 0 Å². The zero-order chi connectivity index (χ0) is 18.6. The number of benzene rings is 1. The van der Waals surface area contributed by atoms with Crippen LogP contribution in [0.25, 0.3) is 22.0 Å². The fourth-order valence-corrected chi connectivity index (χ4v) is 3.60. The van der Waals surface area contributed by atoms with E-state index in [1.54, 1.807) is 6.20 Å². The SMILES string of the molecule is Nc1nccc(-c2ccc3[nH]nc(N)c3c2)c1C#CCCN1CCCCC1. The summed E-state index contributed by atoms with van der Waals surface area (Å²) in [6.45, 7) is 3.39. The van der Waals surface area contributed by atoms with Crippen LogP contribution < -0.4 is 11.5 Å². The summed E-state index contributed by atoms with van der Waals surface area (Å²) in [5, 5.41) is 7.87. The van der Waals surface area contributed by atoms with Gasteiger partial charge in [-0.1, -0.05) is 24.3 Å². The first-order chi connectivity index (χ1) is 13.2. The molecule has 1 aromatic carbocycles. The average molecular weight is 360 g/mol. The van der Waals surface area contributed by atoms with Crippen LogP contribution in [0.4, 0.5) is 11.6 Å². The summed E-state index contributed by atoms with van der Waals surface area (Å²) in [4.78, 5) is 6.71. The van der Waals surface area contributed by atoms with Crippen LogP contribution in [-0.4, -0.2) is 39.7 Å². The molecule has 27 heavy (non-hydrogen) atoms. The maximum atomic E-state index is 6.14. The standard InChI is InChI=1S/C21H24N6/c22-20-17(6-2-5-13-27-11-3-1-4-12-27)16(9-10-24-20)15-7-8-19-18(14-15)21(23)26-25-19/h7-10,14H,1,3-5,11-13H2,(H2,22,24)(H3,23,25,26). The lowest BCUT2D eigenvalue weighted by Gasteiger charge is -2.25. The third-order valence-electron chi connectivity index (χ3n) is 5.10. The van der Waals surface area contributed by atoms with Crippen molar-refractivity contribution in [1.82, 2.24) is 20.1 Å². The molecule has 0 amide bonds. The molecular weight excluding hydrogens is 336 g/mol. The van der Waals surface area contributed by atoms with Gasteiger partial charge in [-0.3, -0.25) is 5.10 Å². The van der Waals surface area contributed by atoms with Crippen molar-refractivity contribution < 1.29 is 0 Å². The van der Waals surface area contributed by atoms with E-state index in [1.165, 1.54) is 32.4 Å². The van der Waals surface area contributed by atoms with Gasteiger partial charge < -0.3 is 16.4 Å². The van der Waals surface area contributed by atoms with Crippen molar-refractivity contribution in [2.45, 2.75) is 25.7 Å². The summed E-state index contributed by atoms with van der Waals surface area (Å²) >= 11 is 0. The van der Waals surface area contributed by atoms with Crippen molar-refractivity contribution in [3.63, 3.8) is 0 Å². The van der Waals surface area contributed by atoms with Gasteiger partial charge in [-0.2, -0.15) is 5.10 Å². The number of rotatable bonds is 3. The number of aromatic nitrogens is 3. The minimum Gasteiger partial charge on any atom is -0.383 e. The van der Waals surface area contributed by atoms with Crippen molar-refractivity contribution in [3.05, 3.63) is 36.0 Å². The molecule has 1 saturated heterocycles. The summed E-state index contributed by atoms with van der Waals surface area (Å²) in [5.41, 5.74) is 15.7. The molecule has 0 saturated carbocycles. The number of anilines is 2. The molecule has 6 nitrogen and oxygen atoms in total. The van der Waals surface area contributed by atoms with Crippen LogP contribution in [0.5, 0.6) is 0 Å². The van der Waals surface area contributed by atoms with E-state index in [1.807, 2.05) is 24.3 Å². The van der Waals surface area contributed by atoms with Crippen molar-refractivity contribution in [1.29, 1.82) is 0 Å². The molecule has 3 heterocycles. The summed E-state index contributed by atoms with van der Waals surface area (Å²) in [7, 11) is 0. The predicted octanol–water partition coefficient (Wildman–Crippen LogP) is 3.02. The van der Waals surface area contributed by atoms with E-state index in [0.29, 0.717) is 11.6 Å². The monoisotopic (exact) mass is 360 g/mol. The second-order valence-corrected chi connectivity index (χ2v) is 6.94. The summed E-state index contributed by atoms with van der Waals surface area (Å²) in [6.07, 6.45) is 6.50. The Morgan fingerprint density at radius 1 is 1.07 bits per heavy atom. The zero-order valence-corrected chi connectivity index (χ0v) is 15.3. The van der Waals surface area contributed by atoms with Crippen LogP contribution in [0, 0.1) is 11.8 Å². The maximum absolute atomic E-state index is 6.14. The number of nitrogen functional groups attached to an aromatic ring is 2. The first-order valence-corrected chi connectivity index (χ1v) is 9.42. The van der Waals surface area contributed by atoms with Crippen LogP contribution in [0.2, 0.25) is 0 Å². The Balaban J connectivity index is 1.59. The summed E-state index contributed by atoms with van der Waals surface area (Å²) in [5.74, 6) is 7.49. The second-order valence-electron chi connectivity index (χ2n) is 6.94. The Hall–Kier alpha value is -3.04. The Morgan fingerprint density at radius 2 is 1.93 bits per heavy atom. The number of aromatic amines is 1. The van der Waals surface area contributed by atoms with Gasteiger partial charge in [-0.25, -0.2) is 4.98 Å². The smallest absolute Gasteiger partial charge is 0.153 e. The van der Waals surface area contributed by atoms with Gasteiger partial charge >= 0.3 is 0 Å². The number of nitrogens with zero attached hydrogens (tertiary/aromatic N) is 3. The van der Waals surface area contributed by atoms with E-state index in [2.05, 4.69) is 31.9 Å². The molecule has 0 radical (unpaired) electrons. The largest absolute Gasteiger partial charge is 0.383 e. The Labute approximate surface area is 159 Å². The molecule has 5 N–H and O–H groups in total. The van der Waals surface area contributed by atoms with Crippen molar-refractivity contribution in [3.8, 4) is 23.0 Å². The van der Waals surface area contributed by atoms with Gasteiger partial charge in [0.25, 0.3) is 0 Å².